The maximum Gasteiger partial charge on any atom is 0.251 e. The number of sulfonamides is 1. The Morgan fingerprint density at radius 2 is 1.81 bits per heavy atom. The number of amides is 2. The Bertz CT molecular complexity index is 771. The summed E-state index contributed by atoms with van der Waals surface area (Å²) in [5, 5.41) is 2.69. The van der Waals surface area contributed by atoms with Gasteiger partial charge in [-0.15, -0.1) is 0 Å². The molecule has 0 aliphatic carbocycles. The fraction of sp³-hybridized carbons (Fsp3) is 0.556. The van der Waals surface area contributed by atoms with Crippen LogP contribution in [0.2, 0.25) is 0 Å². The van der Waals surface area contributed by atoms with Crippen LogP contribution in [-0.2, 0) is 14.8 Å². The number of piperazine rings is 1. The van der Waals surface area contributed by atoms with E-state index >= 15 is 0 Å². The smallest absolute Gasteiger partial charge is 0.251 e. The first-order chi connectivity index (χ1) is 12.8. The first-order valence-corrected chi connectivity index (χ1v) is 10.5. The summed E-state index contributed by atoms with van der Waals surface area (Å²) in [4.78, 5) is 28.7. The van der Waals surface area contributed by atoms with Gasteiger partial charge in [-0.25, -0.2) is 12.7 Å². The molecule has 0 saturated carbocycles. The Hall–Kier alpha value is -1.97. The van der Waals surface area contributed by atoms with E-state index in [0.29, 0.717) is 13.1 Å². The van der Waals surface area contributed by atoms with Crippen LogP contribution in [-0.4, -0.2) is 87.7 Å². The van der Waals surface area contributed by atoms with Gasteiger partial charge >= 0.3 is 0 Å². The fourth-order valence-electron chi connectivity index (χ4n) is 2.87. The zero-order valence-corrected chi connectivity index (χ0v) is 17.0. The molecule has 1 aliphatic heterocycles. The molecule has 0 spiro atoms. The second-order valence-corrected chi connectivity index (χ2v) is 8.79. The summed E-state index contributed by atoms with van der Waals surface area (Å²) in [5.74, 6) is -0.371. The quantitative estimate of drug-likeness (QED) is 0.712. The normalized spacial score (nSPS) is 15.8. The van der Waals surface area contributed by atoms with E-state index in [2.05, 4.69) is 17.1 Å². The van der Waals surface area contributed by atoms with E-state index in [1.165, 1.54) is 32.3 Å². The van der Waals surface area contributed by atoms with Gasteiger partial charge in [0.15, 0.2) is 0 Å². The highest BCUT2D eigenvalue weighted by Crippen LogP contribution is 2.14. The van der Waals surface area contributed by atoms with Crippen LogP contribution in [0.1, 0.15) is 23.7 Å². The lowest BCUT2D eigenvalue weighted by molar-refractivity contribution is -0.132. The molecule has 2 amide bonds. The van der Waals surface area contributed by atoms with Gasteiger partial charge in [0.05, 0.1) is 4.90 Å². The maximum atomic E-state index is 12.3. The average molecular weight is 397 g/mol. The molecule has 0 atom stereocenters. The Balaban J connectivity index is 1.87. The minimum atomic E-state index is -3.60. The van der Waals surface area contributed by atoms with Crippen LogP contribution in [0, 0.1) is 0 Å². The highest BCUT2D eigenvalue weighted by atomic mass is 32.2. The number of rotatable bonds is 7. The number of benzene rings is 1. The Morgan fingerprint density at radius 3 is 2.41 bits per heavy atom. The third-order valence-electron chi connectivity index (χ3n) is 4.67. The van der Waals surface area contributed by atoms with Crippen molar-refractivity contribution in [3.8, 4) is 0 Å². The molecule has 27 heavy (non-hydrogen) atoms. The van der Waals surface area contributed by atoms with Gasteiger partial charge in [-0.1, -0.05) is 13.0 Å². The fourth-order valence-corrected chi connectivity index (χ4v) is 3.81. The van der Waals surface area contributed by atoms with Crippen LogP contribution in [0.25, 0.3) is 0 Å². The lowest BCUT2D eigenvalue weighted by Crippen LogP contribution is -2.49. The summed E-state index contributed by atoms with van der Waals surface area (Å²) in [6, 6.07) is 5.88. The van der Waals surface area contributed by atoms with E-state index in [1.54, 1.807) is 6.07 Å². The second-order valence-electron chi connectivity index (χ2n) is 6.64. The summed E-state index contributed by atoms with van der Waals surface area (Å²) in [6.07, 6.45) is 0.230. The summed E-state index contributed by atoms with van der Waals surface area (Å²) < 4.78 is 25.4. The predicted octanol–water partition coefficient (Wildman–Crippen LogP) is 0.221. The molecule has 0 aromatic heterocycles. The molecule has 8 nitrogen and oxygen atoms in total. The molecule has 0 bridgehead atoms. The molecular weight excluding hydrogens is 368 g/mol. The van der Waals surface area contributed by atoms with Crippen molar-refractivity contribution in [1.29, 1.82) is 0 Å². The van der Waals surface area contributed by atoms with Crippen LogP contribution < -0.4 is 5.32 Å². The van der Waals surface area contributed by atoms with Gasteiger partial charge in [-0.3, -0.25) is 9.59 Å². The van der Waals surface area contributed by atoms with E-state index in [-0.39, 0.29) is 29.3 Å². The summed E-state index contributed by atoms with van der Waals surface area (Å²) in [5.41, 5.74) is 0.252. The predicted molar refractivity (Wildman–Crippen MR) is 103 cm³/mol. The molecule has 1 aliphatic rings. The van der Waals surface area contributed by atoms with Crippen LogP contribution in [0.3, 0.4) is 0 Å². The van der Waals surface area contributed by atoms with Crippen LogP contribution >= 0.6 is 0 Å². The molecule has 1 saturated heterocycles. The minimum absolute atomic E-state index is 0.0231. The van der Waals surface area contributed by atoms with Crippen molar-refractivity contribution in [2.24, 2.45) is 0 Å². The van der Waals surface area contributed by atoms with Gasteiger partial charge in [0.2, 0.25) is 15.9 Å². The molecular formula is C18H28N4O4S. The van der Waals surface area contributed by atoms with Crippen molar-refractivity contribution in [3.63, 3.8) is 0 Å². The Kier molecular flexibility index (Phi) is 7.34. The van der Waals surface area contributed by atoms with E-state index in [4.69, 9.17) is 0 Å². The van der Waals surface area contributed by atoms with Crippen LogP contribution in [0.5, 0.6) is 0 Å². The second kappa shape index (κ2) is 9.29. The van der Waals surface area contributed by atoms with Crippen LogP contribution in [0.4, 0.5) is 0 Å². The maximum absolute atomic E-state index is 12.3. The summed E-state index contributed by atoms with van der Waals surface area (Å²) in [6.45, 7) is 6.49. The molecule has 9 heteroatoms. The highest BCUT2D eigenvalue weighted by molar-refractivity contribution is 7.89. The third-order valence-corrected chi connectivity index (χ3v) is 6.48. The first kappa shape index (κ1) is 21.3. The zero-order valence-electron chi connectivity index (χ0n) is 16.1. The van der Waals surface area contributed by atoms with Gasteiger partial charge in [0.1, 0.15) is 0 Å². The van der Waals surface area contributed by atoms with Gasteiger partial charge in [0, 0.05) is 58.8 Å². The number of hydrogen-bond acceptors (Lipinski definition) is 5. The lowest BCUT2D eigenvalue weighted by Gasteiger charge is -2.34. The molecule has 1 aromatic rings. The molecule has 1 fully saturated rings. The minimum Gasteiger partial charge on any atom is -0.352 e. The number of carbonyl (C=O) groups is 2. The van der Waals surface area contributed by atoms with Crippen molar-refractivity contribution < 1.29 is 18.0 Å². The van der Waals surface area contributed by atoms with E-state index < -0.39 is 15.9 Å². The highest BCUT2D eigenvalue weighted by Gasteiger charge is 2.21. The van der Waals surface area contributed by atoms with Gasteiger partial charge in [0.25, 0.3) is 5.91 Å². The van der Waals surface area contributed by atoms with E-state index in [9.17, 15) is 18.0 Å². The zero-order chi connectivity index (χ0) is 20.0. The van der Waals surface area contributed by atoms with Crippen molar-refractivity contribution in [2.45, 2.75) is 18.2 Å². The van der Waals surface area contributed by atoms with Gasteiger partial charge < -0.3 is 15.1 Å². The van der Waals surface area contributed by atoms with Crippen molar-refractivity contribution in [1.82, 2.24) is 19.4 Å². The van der Waals surface area contributed by atoms with E-state index in [1.807, 2.05) is 4.90 Å². The molecule has 1 aromatic carbocycles. The molecule has 0 radical (unpaired) electrons. The third kappa shape index (κ3) is 5.50. The largest absolute Gasteiger partial charge is 0.352 e. The Labute approximate surface area is 161 Å². The van der Waals surface area contributed by atoms with Gasteiger partial charge in [-0.2, -0.15) is 0 Å². The van der Waals surface area contributed by atoms with Crippen molar-refractivity contribution >= 4 is 21.8 Å². The molecule has 2 rings (SSSR count). The molecule has 150 valence electrons. The van der Waals surface area contributed by atoms with Crippen molar-refractivity contribution in [3.05, 3.63) is 29.8 Å². The first-order valence-electron chi connectivity index (χ1n) is 9.06. The van der Waals surface area contributed by atoms with Crippen molar-refractivity contribution in [2.75, 3.05) is 53.4 Å². The number of carbonyl (C=O) groups excluding carboxylic acids is 2. The van der Waals surface area contributed by atoms with Crippen LogP contribution in [0.15, 0.2) is 29.2 Å². The number of likely N-dealkylation sites (N-methyl/N-ethyl adjacent to an activating group) is 1. The number of nitrogens with one attached hydrogen (secondary N) is 1. The standard InChI is InChI=1S/C18H28N4O4S/c1-4-21-10-12-22(13-11-21)17(23)8-9-19-18(24)15-6-5-7-16(14-15)27(25,26)20(2)3/h5-7,14H,4,8-13H2,1-3H3,(H,19,24). The molecule has 1 N–H and O–H groups in total. The monoisotopic (exact) mass is 396 g/mol. The molecule has 0 unspecified atom stereocenters. The number of nitrogens with zero attached hydrogens (tertiary/aromatic N) is 3. The summed E-state index contributed by atoms with van der Waals surface area (Å²) in [7, 11) is -0.723. The van der Waals surface area contributed by atoms with E-state index in [0.717, 1.165) is 23.9 Å². The summed E-state index contributed by atoms with van der Waals surface area (Å²) >= 11 is 0. The Morgan fingerprint density at radius 1 is 1.15 bits per heavy atom. The lowest BCUT2D eigenvalue weighted by atomic mass is 10.2. The number of hydrogen-bond donors (Lipinski definition) is 1. The topological polar surface area (TPSA) is 90.0 Å². The molecule has 1 heterocycles. The SMILES string of the molecule is CCN1CCN(C(=O)CCNC(=O)c2cccc(S(=O)(=O)N(C)C)c2)CC1. The average Bonchev–Trinajstić information content (AvgIpc) is 2.67. The van der Waals surface area contributed by atoms with Gasteiger partial charge in [-0.05, 0) is 24.7 Å².